The van der Waals surface area contributed by atoms with Gasteiger partial charge in [-0.1, -0.05) is 6.07 Å². The largest absolute Gasteiger partial charge is 0.454 e. The summed E-state index contributed by atoms with van der Waals surface area (Å²) in [5.41, 5.74) is 3.20. The second kappa shape index (κ2) is 7.73. The lowest BCUT2D eigenvalue weighted by Crippen LogP contribution is -2.31. The van der Waals surface area contributed by atoms with Gasteiger partial charge in [-0.25, -0.2) is 4.79 Å². The van der Waals surface area contributed by atoms with Crippen molar-refractivity contribution in [1.82, 2.24) is 9.88 Å². The van der Waals surface area contributed by atoms with Gasteiger partial charge >= 0.3 is 5.97 Å². The first kappa shape index (κ1) is 18.8. The Morgan fingerprint density at radius 1 is 1.22 bits per heavy atom. The molecular formula is C20H24N2O5. The summed E-state index contributed by atoms with van der Waals surface area (Å²) in [5.74, 6) is 0.494. The molecule has 7 heteroatoms. The van der Waals surface area contributed by atoms with E-state index in [-0.39, 0.29) is 25.3 Å². The molecule has 0 radical (unpaired) electrons. The van der Waals surface area contributed by atoms with Crippen molar-refractivity contribution in [3.8, 4) is 11.5 Å². The number of amides is 1. The van der Waals surface area contributed by atoms with Crippen molar-refractivity contribution >= 4 is 11.9 Å². The van der Waals surface area contributed by atoms with Gasteiger partial charge in [-0.2, -0.15) is 0 Å². The van der Waals surface area contributed by atoms with E-state index in [1.54, 1.807) is 6.07 Å². The molecule has 1 aromatic heterocycles. The number of aromatic nitrogens is 1. The lowest BCUT2D eigenvalue weighted by atomic mass is 10.1. The number of benzene rings is 1. The molecule has 1 aliphatic heterocycles. The van der Waals surface area contributed by atoms with E-state index < -0.39 is 5.97 Å². The summed E-state index contributed by atoms with van der Waals surface area (Å²) in [7, 11) is 0. The van der Waals surface area contributed by atoms with E-state index in [0.717, 1.165) is 23.5 Å². The number of carbonyl (C=O) groups is 2. The van der Waals surface area contributed by atoms with Crippen LogP contribution in [0.5, 0.6) is 11.5 Å². The zero-order valence-corrected chi connectivity index (χ0v) is 16.0. The van der Waals surface area contributed by atoms with Crippen molar-refractivity contribution in [3.63, 3.8) is 0 Å². The quantitative estimate of drug-likeness (QED) is 0.789. The molecule has 1 aliphatic rings. The Morgan fingerprint density at radius 3 is 2.67 bits per heavy atom. The van der Waals surface area contributed by atoms with E-state index in [9.17, 15) is 9.59 Å². The van der Waals surface area contributed by atoms with E-state index in [0.29, 0.717) is 17.1 Å². The van der Waals surface area contributed by atoms with E-state index in [2.05, 4.69) is 5.32 Å². The molecule has 0 saturated carbocycles. The molecular weight excluding hydrogens is 348 g/mol. The van der Waals surface area contributed by atoms with Crippen LogP contribution in [0.1, 0.15) is 47.2 Å². The van der Waals surface area contributed by atoms with E-state index in [1.807, 2.05) is 50.5 Å². The highest BCUT2D eigenvalue weighted by molar-refractivity contribution is 5.92. The summed E-state index contributed by atoms with van der Waals surface area (Å²) in [6.45, 7) is 8.32. The van der Waals surface area contributed by atoms with Gasteiger partial charge in [0, 0.05) is 17.9 Å². The maximum Gasteiger partial charge on any atom is 0.340 e. The number of nitrogens with zero attached hydrogens (tertiary/aromatic N) is 1. The SMILES string of the molecule is CCn1c(C)cc(C(=O)OCC(=O)N[C@H](C)c2ccc3c(c2)OCO3)c1C. The van der Waals surface area contributed by atoms with Gasteiger partial charge in [0.1, 0.15) is 0 Å². The maximum absolute atomic E-state index is 12.3. The topological polar surface area (TPSA) is 78.8 Å². The van der Waals surface area contributed by atoms with E-state index in [4.69, 9.17) is 14.2 Å². The summed E-state index contributed by atoms with van der Waals surface area (Å²) in [4.78, 5) is 24.4. The molecule has 0 saturated heterocycles. The molecule has 3 rings (SSSR count). The van der Waals surface area contributed by atoms with Gasteiger partial charge in [0.05, 0.1) is 11.6 Å². The molecule has 144 valence electrons. The predicted molar refractivity (Wildman–Crippen MR) is 99.0 cm³/mol. The fourth-order valence-corrected chi connectivity index (χ4v) is 3.25. The normalized spacial score (nSPS) is 13.3. The van der Waals surface area contributed by atoms with Crippen LogP contribution in [0.25, 0.3) is 0 Å². The first-order valence-electron chi connectivity index (χ1n) is 8.93. The Balaban J connectivity index is 1.55. The smallest absolute Gasteiger partial charge is 0.340 e. The van der Waals surface area contributed by atoms with Crippen molar-refractivity contribution in [2.45, 2.75) is 40.3 Å². The van der Waals surface area contributed by atoms with Crippen molar-refractivity contribution in [1.29, 1.82) is 0 Å². The Bertz CT molecular complexity index is 871. The van der Waals surface area contributed by atoms with Crippen LogP contribution < -0.4 is 14.8 Å². The van der Waals surface area contributed by atoms with Crippen LogP contribution in [0, 0.1) is 13.8 Å². The molecule has 1 atom stereocenters. The number of carbonyl (C=O) groups excluding carboxylic acids is 2. The number of nitrogens with one attached hydrogen (secondary N) is 1. The molecule has 0 spiro atoms. The Labute approximate surface area is 158 Å². The predicted octanol–water partition coefficient (Wildman–Crippen LogP) is 2.89. The van der Waals surface area contributed by atoms with Crippen molar-refractivity contribution in [2.75, 3.05) is 13.4 Å². The number of rotatable bonds is 6. The highest BCUT2D eigenvalue weighted by Gasteiger charge is 2.19. The van der Waals surface area contributed by atoms with Crippen LogP contribution in [-0.4, -0.2) is 29.8 Å². The standard InChI is InChI=1S/C20H24N2O5/c1-5-22-12(2)8-16(14(22)4)20(24)25-10-19(23)21-13(3)15-6-7-17-18(9-15)27-11-26-17/h6-9,13H,5,10-11H2,1-4H3,(H,21,23)/t13-/m1/s1. The number of esters is 1. The highest BCUT2D eigenvalue weighted by atomic mass is 16.7. The van der Waals surface area contributed by atoms with Crippen molar-refractivity contribution in [2.24, 2.45) is 0 Å². The number of hydrogen-bond acceptors (Lipinski definition) is 5. The van der Waals surface area contributed by atoms with Gasteiger partial charge in [-0.05, 0) is 51.5 Å². The molecule has 0 bridgehead atoms. The Kier molecular flexibility index (Phi) is 5.39. The molecule has 0 fully saturated rings. The first-order valence-corrected chi connectivity index (χ1v) is 8.93. The average Bonchev–Trinajstić information content (AvgIpc) is 3.22. The van der Waals surface area contributed by atoms with Gasteiger partial charge in [0.2, 0.25) is 6.79 Å². The zero-order valence-electron chi connectivity index (χ0n) is 16.0. The molecule has 0 aliphatic carbocycles. The number of hydrogen-bond donors (Lipinski definition) is 1. The van der Waals surface area contributed by atoms with Gasteiger partial charge in [-0.3, -0.25) is 4.79 Å². The van der Waals surface area contributed by atoms with Gasteiger partial charge in [0.25, 0.3) is 5.91 Å². The van der Waals surface area contributed by atoms with Crippen molar-refractivity contribution in [3.05, 3.63) is 46.8 Å². The number of fused-ring (bicyclic) bond motifs is 1. The zero-order chi connectivity index (χ0) is 19.6. The molecule has 2 heterocycles. The Hall–Kier alpha value is -2.96. The van der Waals surface area contributed by atoms with Crippen LogP contribution in [0.2, 0.25) is 0 Å². The van der Waals surface area contributed by atoms with Crippen LogP contribution >= 0.6 is 0 Å². The highest BCUT2D eigenvalue weighted by Crippen LogP contribution is 2.34. The summed E-state index contributed by atoms with van der Waals surface area (Å²) in [6, 6.07) is 7.04. The third-order valence-electron chi connectivity index (χ3n) is 4.72. The number of aryl methyl sites for hydroxylation is 1. The monoisotopic (exact) mass is 372 g/mol. The van der Waals surface area contributed by atoms with Gasteiger partial charge in [0.15, 0.2) is 18.1 Å². The second-order valence-electron chi connectivity index (χ2n) is 6.51. The van der Waals surface area contributed by atoms with Gasteiger partial charge in [-0.15, -0.1) is 0 Å². The van der Waals surface area contributed by atoms with E-state index in [1.165, 1.54) is 0 Å². The fraction of sp³-hybridized carbons (Fsp3) is 0.400. The van der Waals surface area contributed by atoms with E-state index >= 15 is 0 Å². The fourth-order valence-electron chi connectivity index (χ4n) is 3.25. The van der Waals surface area contributed by atoms with Crippen molar-refractivity contribution < 1.29 is 23.8 Å². The third kappa shape index (κ3) is 3.92. The first-order chi connectivity index (χ1) is 12.9. The van der Waals surface area contributed by atoms with Crippen LogP contribution in [0.3, 0.4) is 0 Å². The molecule has 1 amide bonds. The summed E-state index contributed by atoms with van der Waals surface area (Å²) >= 11 is 0. The van der Waals surface area contributed by atoms with Crippen LogP contribution in [0.15, 0.2) is 24.3 Å². The Morgan fingerprint density at radius 2 is 1.96 bits per heavy atom. The summed E-state index contributed by atoms with van der Waals surface area (Å²) in [5, 5.41) is 2.82. The lowest BCUT2D eigenvalue weighted by molar-refractivity contribution is -0.124. The average molecular weight is 372 g/mol. The second-order valence-corrected chi connectivity index (χ2v) is 6.51. The summed E-state index contributed by atoms with van der Waals surface area (Å²) in [6.07, 6.45) is 0. The minimum atomic E-state index is -0.492. The minimum Gasteiger partial charge on any atom is -0.454 e. The lowest BCUT2D eigenvalue weighted by Gasteiger charge is -2.15. The molecule has 1 aromatic carbocycles. The summed E-state index contributed by atoms with van der Waals surface area (Å²) < 4.78 is 17.8. The molecule has 1 N–H and O–H groups in total. The van der Waals surface area contributed by atoms with Gasteiger partial charge < -0.3 is 24.1 Å². The maximum atomic E-state index is 12.3. The molecule has 7 nitrogen and oxygen atoms in total. The molecule has 0 unspecified atom stereocenters. The molecule has 2 aromatic rings. The van der Waals surface area contributed by atoms with Crippen LogP contribution in [-0.2, 0) is 16.1 Å². The molecule has 27 heavy (non-hydrogen) atoms. The van der Waals surface area contributed by atoms with Crippen LogP contribution in [0.4, 0.5) is 0 Å². The number of ether oxygens (including phenoxy) is 3. The minimum absolute atomic E-state index is 0.203. The third-order valence-corrected chi connectivity index (χ3v) is 4.72.